The minimum atomic E-state index is -3.53. The van der Waals surface area contributed by atoms with Gasteiger partial charge in [0.05, 0.1) is 14.9 Å². The van der Waals surface area contributed by atoms with E-state index in [-0.39, 0.29) is 15.8 Å². The number of anilines is 1. The van der Waals surface area contributed by atoms with Gasteiger partial charge in [0.25, 0.3) is 5.91 Å². The number of carbonyl (C=O) groups excluding carboxylic acids is 1. The number of hydrogen-bond donors (Lipinski definition) is 2. The summed E-state index contributed by atoms with van der Waals surface area (Å²) < 4.78 is 26.5. The van der Waals surface area contributed by atoms with E-state index in [1.165, 1.54) is 36.4 Å². The molecule has 0 radical (unpaired) electrons. The molecule has 128 valence electrons. The zero-order chi connectivity index (χ0) is 17.7. The summed E-state index contributed by atoms with van der Waals surface area (Å²) in [5, 5.41) is 3.32. The molecule has 0 aliphatic heterocycles. The van der Waals surface area contributed by atoms with Crippen molar-refractivity contribution >= 4 is 44.8 Å². The number of rotatable bonds is 6. The molecule has 8 heteroatoms. The standard InChI is InChI=1S/C16H16Cl2N2O3S/c1-2-9-19-24(22,23)13-6-4-12(5-7-13)20-16(21)11-3-8-14(17)15(18)10-11/h3-8,10,19H,2,9H2,1H3,(H,20,21). The van der Waals surface area contributed by atoms with Gasteiger partial charge in [-0.3, -0.25) is 4.79 Å². The molecule has 24 heavy (non-hydrogen) atoms. The fourth-order valence-electron chi connectivity index (χ4n) is 1.88. The molecule has 0 aromatic heterocycles. The Morgan fingerprint density at radius 2 is 1.71 bits per heavy atom. The first-order valence-corrected chi connectivity index (χ1v) is 9.43. The van der Waals surface area contributed by atoms with Gasteiger partial charge < -0.3 is 5.32 Å². The maximum atomic E-state index is 12.2. The zero-order valence-electron chi connectivity index (χ0n) is 12.8. The van der Waals surface area contributed by atoms with E-state index in [1.807, 2.05) is 6.92 Å². The summed E-state index contributed by atoms with van der Waals surface area (Å²) in [6.07, 6.45) is 0.705. The van der Waals surface area contributed by atoms with Gasteiger partial charge in [-0.25, -0.2) is 13.1 Å². The largest absolute Gasteiger partial charge is 0.322 e. The molecule has 0 aliphatic rings. The predicted octanol–water partition coefficient (Wildman–Crippen LogP) is 3.93. The maximum Gasteiger partial charge on any atom is 0.255 e. The number of carbonyl (C=O) groups is 1. The number of hydrogen-bond acceptors (Lipinski definition) is 3. The number of nitrogens with one attached hydrogen (secondary N) is 2. The molecular formula is C16H16Cl2N2O3S. The second-order valence-corrected chi connectivity index (χ2v) is 7.59. The highest BCUT2D eigenvalue weighted by atomic mass is 35.5. The summed E-state index contributed by atoms with van der Waals surface area (Å²) in [7, 11) is -3.53. The summed E-state index contributed by atoms with van der Waals surface area (Å²) in [6.45, 7) is 2.25. The molecular weight excluding hydrogens is 371 g/mol. The molecule has 0 saturated heterocycles. The first-order chi connectivity index (χ1) is 11.3. The third kappa shape index (κ3) is 4.70. The van der Waals surface area contributed by atoms with Gasteiger partial charge in [-0.15, -0.1) is 0 Å². The van der Waals surface area contributed by atoms with Gasteiger partial charge in [0.2, 0.25) is 10.0 Å². The van der Waals surface area contributed by atoms with Gasteiger partial charge in [0.15, 0.2) is 0 Å². The molecule has 0 aliphatic carbocycles. The van der Waals surface area contributed by atoms with Crippen molar-refractivity contribution in [1.29, 1.82) is 0 Å². The lowest BCUT2D eigenvalue weighted by atomic mass is 10.2. The quantitative estimate of drug-likeness (QED) is 0.789. The third-order valence-corrected chi connectivity index (χ3v) is 5.36. The Kier molecular flexibility index (Phi) is 6.23. The second kappa shape index (κ2) is 7.98. The van der Waals surface area contributed by atoms with Crippen LogP contribution in [0, 0.1) is 0 Å². The van der Waals surface area contributed by atoms with Crippen LogP contribution >= 0.6 is 23.2 Å². The summed E-state index contributed by atoms with van der Waals surface area (Å²) in [5.41, 5.74) is 0.825. The highest BCUT2D eigenvalue weighted by molar-refractivity contribution is 7.89. The van der Waals surface area contributed by atoms with Crippen LogP contribution in [0.25, 0.3) is 0 Å². The average Bonchev–Trinajstić information content (AvgIpc) is 2.56. The first-order valence-electron chi connectivity index (χ1n) is 7.19. The first kappa shape index (κ1) is 18.7. The van der Waals surface area contributed by atoms with Crippen LogP contribution in [-0.4, -0.2) is 20.9 Å². The summed E-state index contributed by atoms with van der Waals surface area (Å²) in [4.78, 5) is 12.3. The van der Waals surface area contributed by atoms with Crippen molar-refractivity contribution in [1.82, 2.24) is 4.72 Å². The number of benzene rings is 2. The van der Waals surface area contributed by atoms with Crippen LogP contribution in [0.3, 0.4) is 0 Å². The van der Waals surface area contributed by atoms with Gasteiger partial charge in [0.1, 0.15) is 0 Å². The van der Waals surface area contributed by atoms with E-state index in [1.54, 1.807) is 6.07 Å². The van der Waals surface area contributed by atoms with Crippen molar-refractivity contribution in [2.45, 2.75) is 18.2 Å². The molecule has 0 spiro atoms. The molecule has 2 aromatic carbocycles. The van der Waals surface area contributed by atoms with Crippen molar-refractivity contribution in [2.24, 2.45) is 0 Å². The molecule has 2 aromatic rings. The van der Waals surface area contributed by atoms with Crippen molar-refractivity contribution in [3.8, 4) is 0 Å². The van der Waals surface area contributed by atoms with Gasteiger partial charge in [-0.2, -0.15) is 0 Å². The second-order valence-electron chi connectivity index (χ2n) is 5.01. The molecule has 0 saturated carbocycles. The Hall–Kier alpha value is -1.60. The molecule has 2 N–H and O–H groups in total. The predicted molar refractivity (Wildman–Crippen MR) is 96.3 cm³/mol. The smallest absolute Gasteiger partial charge is 0.255 e. The van der Waals surface area contributed by atoms with E-state index in [2.05, 4.69) is 10.0 Å². The Bertz CT molecular complexity index is 837. The number of halogens is 2. The minimum Gasteiger partial charge on any atom is -0.322 e. The minimum absolute atomic E-state index is 0.142. The van der Waals surface area contributed by atoms with E-state index < -0.39 is 10.0 Å². The summed E-state index contributed by atoms with van der Waals surface area (Å²) in [6, 6.07) is 10.5. The van der Waals surface area contributed by atoms with E-state index in [4.69, 9.17) is 23.2 Å². The van der Waals surface area contributed by atoms with Gasteiger partial charge >= 0.3 is 0 Å². The lowest BCUT2D eigenvalue weighted by molar-refractivity contribution is 0.102. The topological polar surface area (TPSA) is 75.3 Å². The van der Waals surface area contributed by atoms with Crippen LogP contribution in [-0.2, 0) is 10.0 Å². The highest BCUT2D eigenvalue weighted by Crippen LogP contribution is 2.23. The molecule has 2 rings (SSSR count). The average molecular weight is 387 g/mol. The number of sulfonamides is 1. The van der Waals surface area contributed by atoms with Gasteiger partial charge in [0, 0.05) is 17.8 Å². The number of amides is 1. The lowest BCUT2D eigenvalue weighted by Gasteiger charge is -2.08. The van der Waals surface area contributed by atoms with Crippen LogP contribution in [0.4, 0.5) is 5.69 Å². The fraction of sp³-hybridized carbons (Fsp3) is 0.188. The highest BCUT2D eigenvalue weighted by Gasteiger charge is 2.13. The van der Waals surface area contributed by atoms with Crippen LogP contribution in [0.2, 0.25) is 10.0 Å². The molecule has 0 unspecified atom stereocenters. The van der Waals surface area contributed by atoms with Crippen molar-refractivity contribution < 1.29 is 13.2 Å². The van der Waals surface area contributed by atoms with Crippen LogP contribution < -0.4 is 10.0 Å². The van der Waals surface area contributed by atoms with E-state index in [0.717, 1.165) is 0 Å². The van der Waals surface area contributed by atoms with Crippen LogP contribution in [0.1, 0.15) is 23.7 Å². The van der Waals surface area contributed by atoms with Crippen LogP contribution in [0.15, 0.2) is 47.4 Å². The lowest BCUT2D eigenvalue weighted by Crippen LogP contribution is -2.24. The third-order valence-electron chi connectivity index (χ3n) is 3.15. The Labute approximate surface area is 151 Å². The van der Waals surface area contributed by atoms with E-state index in [9.17, 15) is 13.2 Å². The molecule has 0 heterocycles. The van der Waals surface area contributed by atoms with Gasteiger partial charge in [-0.05, 0) is 48.9 Å². The van der Waals surface area contributed by atoms with Crippen molar-refractivity contribution in [3.63, 3.8) is 0 Å². The maximum absolute atomic E-state index is 12.2. The monoisotopic (exact) mass is 386 g/mol. The Morgan fingerprint density at radius 3 is 2.29 bits per heavy atom. The van der Waals surface area contributed by atoms with Crippen molar-refractivity contribution in [2.75, 3.05) is 11.9 Å². The van der Waals surface area contributed by atoms with Gasteiger partial charge in [-0.1, -0.05) is 30.1 Å². The summed E-state index contributed by atoms with van der Waals surface area (Å²) in [5.74, 6) is -0.367. The van der Waals surface area contributed by atoms with E-state index >= 15 is 0 Å². The van der Waals surface area contributed by atoms with E-state index in [0.29, 0.717) is 29.2 Å². The molecule has 0 bridgehead atoms. The molecule has 0 fully saturated rings. The SMILES string of the molecule is CCCNS(=O)(=O)c1ccc(NC(=O)c2ccc(Cl)c(Cl)c2)cc1. The Morgan fingerprint density at radius 1 is 1.04 bits per heavy atom. The Balaban J connectivity index is 2.11. The molecule has 0 atom stereocenters. The molecule has 1 amide bonds. The normalized spacial score (nSPS) is 11.3. The zero-order valence-corrected chi connectivity index (χ0v) is 15.2. The summed E-state index contributed by atoms with van der Waals surface area (Å²) >= 11 is 11.7. The van der Waals surface area contributed by atoms with Crippen molar-refractivity contribution in [3.05, 3.63) is 58.1 Å². The fourth-order valence-corrected chi connectivity index (χ4v) is 3.31. The van der Waals surface area contributed by atoms with Crippen LogP contribution in [0.5, 0.6) is 0 Å². The molecule has 5 nitrogen and oxygen atoms in total.